The summed E-state index contributed by atoms with van der Waals surface area (Å²) in [5.41, 5.74) is 1.12. The number of nitrogens with zero attached hydrogens (tertiary/aromatic N) is 2. The van der Waals surface area contributed by atoms with Crippen LogP contribution in [0.25, 0.3) is 0 Å². The Bertz CT molecular complexity index is 377. The number of pyridine rings is 1. The number of aliphatic imine (C=N–C) groups is 1. The van der Waals surface area contributed by atoms with Crippen molar-refractivity contribution < 1.29 is 0 Å². The quantitative estimate of drug-likeness (QED) is 0.639. The van der Waals surface area contributed by atoms with E-state index in [4.69, 9.17) is 0 Å². The molecule has 0 radical (unpaired) electrons. The number of rotatable bonds is 1. The van der Waals surface area contributed by atoms with Gasteiger partial charge in [-0.2, -0.15) is 0 Å². The highest BCUT2D eigenvalue weighted by Crippen LogP contribution is 2.26. The van der Waals surface area contributed by atoms with Crippen LogP contribution in [-0.2, 0) is 0 Å². The van der Waals surface area contributed by atoms with Gasteiger partial charge in [-0.25, -0.2) is 0 Å². The fourth-order valence-corrected chi connectivity index (χ4v) is 1.66. The molecule has 2 nitrogen and oxygen atoms in total. The van der Waals surface area contributed by atoms with Gasteiger partial charge in [-0.15, -0.1) is 0 Å². The van der Waals surface area contributed by atoms with Crippen LogP contribution in [0.3, 0.4) is 0 Å². The van der Waals surface area contributed by atoms with Gasteiger partial charge in [0.25, 0.3) is 0 Å². The summed E-state index contributed by atoms with van der Waals surface area (Å²) >= 11 is 0. The Balaban J connectivity index is 2.24. The Kier molecular flexibility index (Phi) is 2.67. The number of hydrogen-bond acceptors (Lipinski definition) is 2. The van der Waals surface area contributed by atoms with E-state index in [2.05, 4.69) is 36.0 Å². The minimum Gasteiger partial charge on any atom is -0.287 e. The highest BCUT2D eigenvalue weighted by molar-refractivity contribution is 5.68. The fourth-order valence-electron chi connectivity index (χ4n) is 1.66. The van der Waals surface area contributed by atoms with Crippen LogP contribution in [0, 0.1) is 5.41 Å². The molecule has 1 aromatic rings. The lowest BCUT2D eigenvalue weighted by atomic mass is 9.95. The van der Waals surface area contributed by atoms with Crippen LogP contribution in [-0.4, -0.2) is 11.2 Å². The second kappa shape index (κ2) is 3.97. The Morgan fingerprint density at radius 2 is 2.20 bits per heavy atom. The predicted molar refractivity (Wildman–Crippen MR) is 63.0 cm³/mol. The van der Waals surface area contributed by atoms with Crippen LogP contribution in [0.2, 0.25) is 0 Å². The summed E-state index contributed by atoms with van der Waals surface area (Å²) in [7, 11) is 0. The topological polar surface area (TPSA) is 25.2 Å². The second-order valence-corrected chi connectivity index (χ2v) is 4.51. The van der Waals surface area contributed by atoms with E-state index in [1.165, 1.54) is 0 Å². The van der Waals surface area contributed by atoms with Crippen LogP contribution in [0.5, 0.6) is 0 Å². The SMILES string of the molecule is CC1(C)C=CCC(c2ccccn2)N=C1. The van der Waals surface area contributed by atoms with Crippen LogP contribution in [0.1, 0.15) is 32.0 Å². The molecule has 1 aromatic heterocycles. The molecule has 2 heteroatoms. The van der Waals surface area contributed by atoms with E-state index < -0.39 is 0 Å². The molecule has 1 unspecified atom stereocenters. The molecule has 15 heavy (non-hydrogen) atoms. The van der Waals surface area contributed by atoms with E-state index >= 15 is 0 Å². The molecule has 0 amide bonds. The molecule has 1 aliphatic rings. The molecule has 0 spiro atoms. The van der Waals surface area contributed by atoms with E-state index in [9.17, 15) is 0 Å². The molecule has 1 atom stereocenters. The van der Waals surface area contributed by atoms with Crippen molar-refractivity contribution in [1.29, 1.82) is 0 Å². The van der Waals surface area contributed by atoms with E-state index in [-0.39, 0.29) is 11.5 Å². The third kappa shape index (κ3) is 2.52. The van der Waals surface area contributed by atoms with Gasteiger partial charge in [0.1, 0.15) is 0 Å². The summed E-state index contributed by atoms with van der Waals surface area (Å²) in [6.07, 6.45) is 9.20. The molecule has 0 saturated heterocycles. The van der Waals surface area contributed by atoms with Gasteiger partial charge in [0.05, 0.1) is 11.7 Å². The summed E-state index contributed by atoms with van der Waals surface area (Å²) in [5, 5.41) is 0. The minimum atomic E-state index is 0.0729. The minimum absolute atomic E-state index is 0.0729. The lowest BCUT2D eigenvalue weighted by Crippen LogP contribution is -2.08. The number of allylic oxidation sites excluding steroid dienone is 1. The first-order valence-corrected chi connectivity index (χ1v) is 5.30. The first kappa shape index (κ1) is 10.1. The molecule has 1 aliphatic heterocycles. The Morgan fingerprint density at radius 1 is 1.33 bits per heavy atom. The first-order chi connectivity index (χ1) is 7.17. The molecule has 0 N–H and O–H groups in total. The molecule has 2 rings (SSSR count). The Labute approximate surface area is 90.8 Å². The number of aromatic nitrogens is 1. The van der Waals surface area contributed by atoms with E-state index in [0.717, 1.165) is 12.1 Å². The van der Waals surface area contributed by atoms with Crippen molar-refractivity contribution in [1.82, 2.24) is 4.98 Å². The molecular weight excluding hydrogens is 184 g/mol. The average molecular weight is 200 g/mol. The Hall–Kier alpha value is -1.44. The maximum atomic E-state index is 4.60. The van der Waals surface area contributed by atoms with Crippen molar-refractivity contribution in [2.75, 3.05) is 0 Å². The van der Waals surface area contributed by atoms with Crippen molar-refractivity contribution in [3.8, 4) is 0 Å². The van der Waals surface area contributed by atoms with Gasteiger partial charge < -0.3 is 0 Å². The van der Waals surface area contributed by atoms with Crippen molar-refractivity contribution in [2.45, 2.75) is 26.3 Å². The average Bonchev–Trinajstić information content (AvgIpc) is 2.41. The van der Waals surface area contributed by atoms with Gasteiger partial charge in [0.2, 0.25) is 0 Å². The maximum absolute atomic E-state index is 4.60. The molecule has 0 saturated carbocycles. The normalized spacial score (nSPS) is 23.7. The smallest absolute Gasteiger partial charge is 0.0950 e. The van der Waals surface area contributed by atoms with Gasteiger partial charge in [0.15, 0.2) is 0 Å². The second-order valence-electron chi connectivity index (χ2n) is 4.51. The van der Waals surface area contributed by atoms with Gasteiger partial charge in [0, 0.05) is 17.8 Å². The van der Waals surface area contributed by atoms with Crippen molar-refractivity contribution in [2.24, 2.45) is 10.4 Å². The molecule has 0 fully saturated rings. The van der Waals surface area contributed by atoms with E-state index in [1.54, 1.807) is 0 Å². The lowest BCUT2D eigenvalue weighted by Gasteiger charge is -2.11. The third-order valence-electron chi connectivity index (χ3n) is 2.52. The molecule has 0 bridgehead atoms. The third-order valence-corrected chi connectivity index (χ3v) is 2.52. The standard InChI is InChI=1S/C13H16N2/c1-13(2)8-5-7-12(15-10-13)11-6-3-4-9-14-11/h3-6,8-10,12H,7H2,1-2H3. The van der Waals surface area contributed by atoms with Crippen LogP contribution >= 0.6 is 0 Å². The van der Waals surface area contributed by atoms with Crippen LogP contribution < -0.4 is 0 Å². The van der Waals surface area contributed by atoms with E-state index in [1.807, 2.05) is 30.6 Å². The summed E-state index contributed by atoms with van der Waals surface area (Å²) < 4.78 is 0. The van der Waals surface area contributed by atoms with Crippen molar-refractivity contribution >= 4 is 6.21 Å². The Morgan fingerprint density at radius 3 is 2.93 bits per heavy atom. The number of hydrogen-bond donors (Lipinski definition) is 0. The molecule has 2 heterocycles. The summed E-state index contributed by atoms with van der Waals surface area (Å²) in [4.78, 5) is 8.94. The van der Waals surface area contributed by atoms with Crippen LogP contribution in [0.4, 0.5) is 0 Å². The van der Waals surface area contributed by atoms with Crippen LogP contribution in [0.15, 0.2) is 41.5 Å². The fraction of sp³-hybridized carbons (Fsp3) is 0.385. The molecular formula is C13H16N2. The zero-order valence-electron chi connectivity index (χ0n) is 9.22. The molecule has 0 aromatic carbocycles. The lowest BCUT2D eigenvalue weighted by molar-refractivity contribution is 0.687. The largest absolute Gasteiger partial charge is 0.287 e. The summed E-state index contributed by atoms with van der Waals surface area (Å²) in [6.45, 7) is 4.32. The highest BCUT2D eigenvalue weighted by atomic mass is 14.8. The van der Waals surface area contributed by atoms with Gasteiger partial charge in [-0.05, 0) is 18.6 Å². The van der Waals surface area contributed by atoms with E-state index in [0.29, 0.717) is 0 Å². The zero-order chi connectivity index (χ0) is 10.7. The van der Waals surface area contributed by atoms with Gasteiger partial charge >= 0.3 is 0 Å². The summed E-state index contributed by atoms with van der Waals surface area (Å²) in [6, 6.07) is 6.17. The molecule has 78 valence electrons. The van der Waals surface area contributed by atoms with Crippen molar-refractivity contribution in [3.05, 3.63) is 42.2 Å². The highest BCUT2D eigenvalue weighted by Gasteiger charge is 2.17. The maximum Gasteiger partial charge on any atom is 0.0950 e. The van der Waals surface area contributed by atoms with Crippen molar-refractivity contribution in [3.63, 3.8) is 0 Å². The zero-order valence-corrected chi connectivity index (χ0v) is 9.22. The summed E-state index contributed by atoms with van der Waals surface area (Å²) in [5.74, 6) is 0. The van der Waals surface area contributed by atoms with Gasteiger partial charge in [-0.3, -0.25) is 9.98 Å². The molecule has 0 aliphatic carbocycles. The first-order valence-electron chi connectivity index (χ1n) is 5.30. The predicted octanol–water partition coefficient (Wildman–Crippen LogP) is 3.18. The monoisotopic (exact) mass is 200 g/mol. The van der Waals surface area contributed by atoms with Gasteiger partial charge in [-0.1, -0.05) is 32.1 Å².